The highest BCUT2D eigenvalue weighted by molar-refractivity contribution is 5.83. The first-order valence-electron chi connectivity index (χ1n) is 5.57. The van der Waals surface area contributed by atoms with Crippen molar-refractivity contribution in [3.05, 3.63) is 28.3 Å². The minimum Gasteiger partial charge on any atom is -0.423 e. The van der Waals surface area contributed by atoms with E-state index >= 15 is 0 Å². The molecule has 0 amide bonds. The van der Waals surface area contributed by atoms with Gasteiger partial charge in [-0.15, -0.1) is 0 Å². The summed E-state index contributed by atoms with van der Waals surface area (Å²) >= 11 is 0. The maximum Gasteiger partial charge on any atom is 0.298 e. The molecule has 0 aliphatic rings. The van der Waals surface area contributed by atoms with E-state index in [0.29, 0.717) is 12.0 Å². The standard InChI is InChI=1S/C11H13N3O4/c1-2-7(15)6-12-11-13-10-8(14(16)17)4-3-5-9(10)18-11/h3-5,7,15H,2,6H2,1H3,(H,12,13). The number of aliphatic hydroxyl groups is 1. The number of nitrogens with one attached hydrogen (secondary N) is 1. The van der Waals surface area contributed by atoms with Crippen LogP contribution < -0.4 is 5.32 Å². The number of non-ortho nitro benzene ring substituents is 1. The number of benzene rings is 1. The molecule has 0 aliphatic carbocycles. The van der Waals surface area contributed by atoms with Gasteiger partial charge in [0.05, 0.1) is 11.0 Å². The molecular formula is C11H13N3O4. The molecule has 2 N–H and O–H groups in total. The first-order valence-corrected chi connectivity index (χ1v) is 5.57. The number of oxazole rings is 1. The summed E-state index contributed by atoms with van der Waals surface area (Å²) < 4.78 is 5.32. The average Bonchev–Trinajstić information content (AvgIpc) is 2.77. The van der Waals surface area contributed by atoms with Gasteiger partial charge < -0.3 is 14.8 Å². The van der Waals surface area contributed by atoms with E-state index in [0.717, 1.165) is 0 Å². The van der Waals surface area contributed by atoms with Crippen LogP contribution in [-0.2, 0) is 0 Å². The van der Waals surface area contributed by atoms with Crippen LogP contribution in [0.2, 0.25) is 0 Å². The van der Waals surface area contributed by atoms with Crippen LogP contribution in [-0.4, -0.2) is 27.7 Å². The zero-order chi connectivity index (χ0) is 13.1. The summed E-state index contributed by atoms with van der Waals surface area (Å²) in [6.45, 7) is 2.14. The van der Waals surface area contributed by atoms with Crippen molar-refractivity contribution in [1.29, 1.82) is 0 Å². The zero-order valence-corrected chi connectivity index (χ0v) is 9.79. The van der Waals surface area contributed by atoms with Gasteiger partial charge in [-0.2, -0.15) is 4.98 Å². The third kappa shape index (κ3) is 2.40. The molecule has 1 atom stereocenters. The molecule has 1 aromatic carbocycles. The van der Waals surface area contributed by atoms with Crippen molar-refractivity contribution in [3.8, 4) is 0 Å². The van der Waals surface area contributed by atoms with Crippen molar-refractivity contribution in [1.82, 2.24) is 4.98 Å². The van der Waals surface area contributed by atoms with Gasteiger partial charge in [0.25, 0.3) is 11.7 Å². The zero-order valence-electron chi connectivity index (χ0n) is 9.79. The highest BCUT2D eigenvalue weighted by atomic mass is 16.6. The normalized spacial score (nSPS) is 12.6. The molecule has 0 radical (unpaired) electrons. The molecule has 1 heterocycles. The largest absolute Gasteiger partial charge is 0.423 e. The van der Waals surface area contributed by atoms with E-state index in [1.54, 1.807) is 6.07 Å². The molecule has 0 fully saturated rings. The first kappa shape index (κ1) is 12.3. The van der Waals surface area contributed by atoms with Gasteiger partial charge in [0.15, 0.2) is 11.1 Å². The van der Waals surface area contributed by atoms with Crippen LogP contribution in [0.4, 0.5) is 11.7 Å². The number of anilines is 1. The minimum atomic E-state index is -0.505. The monoisotopic (exact) mass is 251 g/mol. The van der Waals surface area contributed by atoms with Gasteiger partial charge in [-0.3, -0.25) is 10.1 Å². The van der Waals surface area contributed by atoms with Crippen molar-refractivity contribution >= 4 is 22.8 Å². The van der Waals surface area contributed by atoms with Crippen LogP contribution in [0.25, 0.3) is 11.1 Å². The first-order chi connectivity index (χ1) is 8.61. The van der Waals surface area contributed by atoms with Crippen LogP contribution >= 0.6 is 0 Å². The fourth-order valence-electron chi connectivity index (χ4n) is 1.51. The van der Waals surface area contributed by atoms with Crippen LogP contribution in [0, 0.1) is 10.1 Å². The van der Waals surface area contributed by atoms with Gasteiger partial charge >= 0.3 is 0 Å². The van der Waals surface area contributed by atoms with E-state index in [2.05, 4.69) is 10.3 Å². The topological polar surface area (TPSA) is 101 Å². The van der Waals surface area contributed by atoms with Gasteiger partial charge in [0.1, 0.15) is 0 Å². The molecular weight excluding hydrogens is 238 g/mol. The van der Waals surface area contributed by atoms with E-state index in [1.165, 1.54) is 12.1 Å². The second-order valence-corrected chi connectivity index (χ2v) is 3.84. The van der Waals surface area contributed by atoms with Crippen LogP contribution in [0.15, 0.2) is 22.6 Å². The minimum absolute atomic E-state index is 0.0969. The molecule has 1 unspecified atom stereocenters. The summed E-state index contributed by atoms with van der Waals surface area (Å²) in [6, 6.07) is 4.69. The number of hydrogen-bond donors (Lipinski definition) is 2. The summed E-state index contributed by atoms with van der Waals surface area (Å²) in [4.78, 5) is 14.3. The van der Waals surface area contributed by atoms with Crippen molar-refractivity contribution in [2.24, 2.45) is 0 Å². The third-order valence-corrected chi connectivity index (χ3v) is 2.55. The smallest absolute Gasteiger partial charge is 0.298 e. The van der Waals surface area contributed by atoms with Crippen LogP contribution in [0.5, 0.6) is 0 Å². The van der Waals surface area contributed by atoms with E-state index in [4.69, 9.17) is 4.42 Å². The molecule has 2 rings (SSSR count). The van der Waals surface area contributed by atoms with Crippen molar-refractivity contribution in [3.63, 3.8) is 0 Å². The Hall–Kier alpha value is -2.15. The molecule has 96 valence electrons. The van der Waals surface area contributed by atoms with E-state index in [1.807, 2.05) is 6.92 Å². The number of rotatable bonds is 5. The average molecular weight is 251 g/mol. The number of nitrogens with zero attached hydrogens (tertiary/aromatic N) is 2. The molecule has 0 spiro atoms. The number of aliphatic hydroxyl groups excluding tert-OH is 1. The molecule has 7 nitrogen and oxygen atoms in total. The maximum atomic E-state index is 10.8. The summed E-state index contributed by atoms with van der Waals surface area (Å²) in [5.74, 6) is 0. The van der Waals surface area contributed by atoms with Crippen molar-refractivity contribution < 1.29 is 14.4 Å². The fraction of sp³-hybridized carbons (Fsp3) is 0.364. The molecule has 0 saturated carbocycles. The Morgan fingerprint density at radius 2 is 2.39 bits per heavy atom. The highest BCUT2D eigenvalue weighted by Gasteiger charge is 2.17. The third-order valence-electron chi connectivity index (χ3n) is 2.55. The number of hydrogen-bond acceptors (Lipinski definition) is 6. The van der Waals surface area contributed by atoms with Crippen LogP contribution in [0.1, 0.15) is 13.3 Å². The van der Waals surface area contributed by atoms with Gasteiger partial charge in [-0.1, -0.05) is 13.0 Å². The Balaban J connectivity index is 2.27. The molecule has 0 aliphatic heterocycles. The fourth-order valence-corrected chi connectivity index (χ4v) is 1.51. The number of fused-ring (bicyclic) bond motifs is 1. The lowest BCUT2D eigenvalue weighted by Gasteiger charge is -2.06. The number of aromatic nitrogens is 1. The lowest BCUT2D eigenvalue weighted by molar-refractivity contribution is -0.383. The Labute approximate surface area is 103 Å². The number of nitro benzene ring substituents is 1. The van der Waals surface area contributed by atoms with Gasteiger partial charge in [-0.05, 0) is 12.5 Å². The van der Waals surface area contributed by atoms with E-state index in [-0.39, 0.29) is 23.8 Å². The molecule has 1 aromatic heterocycles. The molecule has 0 bridgehead atoms. The predicted octanol–water partition coefficient (Wildman–Crippen LogP) is 1.92. The molecule has 2 aromatic rings. The maximum absolute atomic E-state index is 10.8. The quantitative estimate of drug-likeness (QED) is 0.621. The Bertz CT molecular complexity index is 566. The summed E-state index contributed by atoms with van der Waals surface area (Å²) in [7, 11) is 0. The summed E-state index contributed by atoms with van der Waals surface area (Å²) in [5, 5.41) is 23.0. The number of para-hydroxylation sites is 1. The lowest BCUT2D eigenvalue weighted by Crippen LogP contribution is -2.18. The lowest BCUT2D eigenvalue weighted by atomic mass is 10.3. The SMILES string of the molecule is CCC(O)CNc1nc2c([N+](=O)[O-])cccc2o1. The van der Waals surface area contributed by atoms with Gasteiger partial charge in [0, 0.05) is 12.6 Å². The van der Waals surface area contributed by atoms with Gasteiger partial charge in [-0.25, -0.2) is 0 Å². The van der Waals surface area contributed by atoms with E-state index in [9.17, 15) is 15.2 Å². The number of nitro groups is 1. The molecule has 0 saturated heterocycles. The van der Waals surface area contributed by atoms with Crippen molar-refractivity contribution in [2.75, 3.05) is 11.9 Å². The Morgan fingerprint density at radius 3 is 3.06 bits per heavy atom. The van der Waals surface area contributed by atoms with E-state index < -0.39 is 11.0 Å². The van der Waals surface area contributed by atoms with Crippen LogP contribution in [0.3, 0.4) is 0 Å². The molecule has 18 heavy (non-hydrogen) atoms. The van der Waals surface area contributed by atoms with Gasteiger partial charge in [0.2, 0.25) is 0 Å². The van der Waals surface area contributed by atoms with Crippen molar-refractivity contribution in [2.45, 2.75) is 19.4 Å². The molecule has 7 heteroatoms. The second kappa shape index (κ2) is 5.01. The Morgan fingerprint density at radius 1 is 1.61 bits per heavy atom. The second-order valence-electron chi connectivity index (χ2n) is 3.84. The Kier molecular flexibility index (Phi) is 3.42. The summed E-state index contributed by atoms with van der Waals surface area (Å²) in [5.41, 5.74) is 0.453. The summed E-state index contributed by atoms with van der Waals surface area (Å²) in [6.07, 6.45) is 0.0999. The highest BCUT2D eigenvalue weighted by Crippen LogP contribution is 2.27. The predicted molar refractivity (Wildman–Crippen MR) is 65.5 cm³/mol.